The van der Waals surface area contributed by atoms with Crippen LogP contribution < -0.4 is 14.9 Å². The molecule has 3 aromatic rings. The number of halogens is 1. The van der Waals surface area contributed by atoms with Crippen molar-refractivity contribution in [3.63, 3.8) is 0 Å². The van der Waals surface area contributed by atoms with E-state index < -0.39 is 6.04 Å². The lowest BCUT2D eigenvalue weighted by Gasteiger charge is -2.25. The summed E-state index contributed by atoms with van der Waals surface area (Å²) >= 11 is 6.31. The second-order valence-corrected chi connectivity index (χ2v) is 9.35. The second kappa shape index (κ2) is 11.4. The van der Waals surface area contributed by atoms with E-state index in [1.165, 1.54) is 0 Å². The maximum atomic E-state index is 13.7. The zero-order valence-corrected chi connectivity index (χ0v) is 21.7. The molecule has 8 heteroatoms. The number of fused-ring (bicyclic) bond motifs is 2. The summed E-state index contributed by atoms with van der Waals surface area (Å²) in [7, 11) is 0. The van der Waals surface area contributed by atoms with Crippen molar-refractivity contribution in [3.05, 3.63) is 68.0 Å². The molecule has 1 aliphatic heterocycles. The Bertz CT molecular complexity index is 1320. The number of nitrogens with zero attached hydrogens (tertiary/aromatic N) is 1. The summed E-state index contributed by atoms with van der Waals surface area (Å²) in [5.41, 5.74) is 1.75. The highest BCUT2D eigenvalue weighted by atomic mass is 35.5. The molecule has 2 aromatic carbocycles. The number of unbranched alkanes of at least 4 members (excludes halogenated alkanes) is 2. The van der Waals surface area contributed by atoms with E-state index in [1.807, 2.05) is 32.0 Å². The average molecular weight is 514 g/mol. The van der Waals surface area contributed by atoms with Crippen molar-refractivity contribution in [2.75, 3.05) is 26.4 Å². The molecule has 0 saturated carbocycles. The number of rotatable bonds is 11. The fourth-order valence-electron chi connectivity index (χ4n) is 4.58. The fourth-order valence-corrected chi connectivity index (χ4v) is 4.74. The van der Waals surface area contributed by atoms with Crippen LogP contribution in [0.1, 0.15) is 72.8 Å². The molecule has 1 N–H and O–H groups in total. The normalized spacial score (nSPS) is 15.0. The number of hydrogen-bond acceptors (Lipinski definition) is 6. The van der Waals surface area contributed by atoms with Crippen molar-refractivity contribution in [1.29, 1.82) is 0 Å². The standard InChI is InChI=1S/C28H32ClNO6/c1-4-6-7-13-35-21-10-9-18(15-23(21)34-5-2)25-24-26(32)19-16-20(29)17(3)14-22(19)36-27(24)28(33)30(25)11-8-12-31/h9-10,14-16,25,31H,4-8,11-13H2,1-3H3. The fraction of sp³-hybridized carbons (Fsp3) is 0.429. The maximum absolute atomic E-state index is 13.7. The molecule has 4 rings (SSSR count). The number of hydrogen-bond donors (Lipinski definition) is 1. The van der Waals surface area contributed by atoms with Gasteiger partial charge in [-0.2, -0.15) is 0 Å². The van der Waals surface area contributed by atoms with E-state index in [-0.39, 0.29) is 35.8 Å². The lowest BCUT2D eigenvalue weighted by atomic mass is 9.97. The minimum atomic E-state index is -0.687. The van der Waals surface area contributed by atoms with E-state index >= 15 is 0 Å². The zero-order valence-electron chi connectivity index (χ0n) is 20.9. The Balaban J connectivity index is 1.83. The summed E-state index contributed by atoms with van der Waals surface area (Å²) in [4.78, 5) is 28.7. The van der Waals surface area contributed by atoms with Gasteiger partial charge in [0, 0.05) is 18.2 Å². The monoisotopic (exact) mass is 513 g/mol. The molecular weight excluding hydrogens is 482 g/mol. The van der Waals surface area contributed by atoms with Crippen LogP contribution >= 0.6 is 11.6 Å². The third kappa shape index (κ3) is 4.95. The Morgan fingerprint density at radius 1 is 1.06 bits per heavy atom. The largest absolute Gasteiger partial charge is 0.490 e. The number of amides is 1. The van der Waals surface area contributed by atoms with Gasteiger partial charge in [0.15, 0.2) is 16.9 Å². The van der Waals surface area contributed by atoms with Gasteiger partial charge >= 0.3 is 0 Å². The average Bonchev–Trinajstić information content (AvgIpc) is 3.14. The minimum absolute atomic E-state index is 0.0232. The van der Waals surface area contributed by atoms with Crippen LogP contribution in [0.5, 0.6) is 11.5 Å². The third-order valence-corrected chi connectivity index (χ3v) is 6.80. The van der Waals surface area contributed by atoms with Gasteiger partial charge in [-0.3, -0.25) is 9.59 Å². The number of aliphatic hydroxyl groups is 1. The van der Waals surface area contributed by atoms with Gasteiger partial charge in [0.1, 0.15) is 5.58 Å². The molecule has 1 amide bonds. The summed E-state index contributed by atoms with van der Waals surface area (Å²) in [6.45, 7) is 7.04. The molecule has 7 nitrogen and oxygen atoms in total. The highest BCUT2D eigenvalue weighted by molar-refractivity contribution is 6.32. The Kier molecular flexibility index (Phi) is 8.21. The predicted molar refractivity (Wildman–Crippen MR) is 139 cm³/mol. The molecule has 0 fully saturated rings. The molecule has 0 saturated heterocycles. The minimum Gasteiger partial charge on any atom is -0.490 e. The Morgan fingerprint density at radius 2 is 1.86 bits per heavy atom. The third-order valence-electron chi connectivity index (χ3n) is 6.39. The van der Waals surface area contributed by atoms with Gasteiger partial charge < -0.3 is 23.9 Å². The number of benzene rings is 2. The highest BCUT2D eigenvalue weighted by Crippen LogP contribution is 2.41. The zero-order chi connectivity index (χ0) is 25.8. The van der Waals surface area contributed by atoms with Gasteiger partial charge in [0.25, 0.3) is 5.91 Å². The van der Waals surface area contributed by atoms with Gasteiger partial charge in [0.05, 0.1) is 30.2 Å². The summed E-state index contributed by atoms with van der Waals surface area (Å²) < 4.78 is 17.8. The molecule has 2 heterocycles. The van der Waals surface area contributed by atoms with Gasteiger partial charge in [-0.15, -0.1) is 0 Å². The van der Waals surface area contributed by atoms with Gasteiger partial charge in [0.2, 0.25) is 5.76 Å². The molecule has 0 aliphatic carbocycles. The van der Waals surface area contributed by atoms with Crippen molar-refractivity contribution in [2.24, 2.45) is 0 Å². The van der Waals surface area contributed by atoms with E-state index in [9.17, 15) is 14.7 Å². The lowest BCUT2D eigenvalue weighted by molar-refractivity contribution is 0.0716. The van der Waals surface area contributed by atoms with E-state index in [4.69, 9.17) is 25.5 Å². The summed E-state index contributed by atoms with van der Waals surface area (Å²) in [5.74, 6) is 0.817. The molecule has 36 heavy (non-hydrogen) atoms. The predicted octanol–water partition coefficient (Wildman–Crippen LogP) is 5.65. The molecular formula is C28H32ClNO6. The number of carbonyl (C=O) groups excluding carboxylic acids is 1. The van der Waals surface area contributed by atoms with Gasteiger partial charge in [-0.25, -0.2) is 0 Å². The molecule has 0 spiro atoms. The first-order valence-electron chi connectivity index (χ1n) is 12.5. The summed E-state index contributed by atoms with van der Waals surface area (Å²) in [6, 6.07) is 8.08. The van der Waals surface area contributed by atoms with Crippen molar-refractivity contribution in [3.8, 4) is 11.5 Å². The number of aryl methyl sites for hydroxylation is 1. The quantitative estimate of drug-likeness (QED) is 0.333. The highest BCUT2D eigenvalue weighted by Gasteiger charge is 2.42. The molecule has 1 aromatic heterocycles. The number of carbonyl (C=O) groups is 1. The lowest BCUT2D eigenvalue weighted by Crippen LogP contribution is -2.31. The number of ether oxygens (including phenoxy) is 2. The van der Waals surface area contributed by atoms with E-state index in [0.29, 0.717) is 52.7 Å². The van der Waals surface area contributed by atoms with Crippen LogP contribution in [0.25, 0.3) is 11.0 Å². The molecule has 0 bridgehead atoms. The van der Waals surface area contributed by atoms with Crippen molar-refractivity contribution in [2.45, 2.75) is 52.5 Å². The van der Waals surface area contributed by atoms with Crippen LogP contribution in [0.3, 0.4) is 0 Å². The van der Waals surface area contributed by atoms with Gasteiger partial charge in [-0.05, 0) is 62.1 Å². The van der Waals surface area contributed by atoms with Gasteiger partial charge in [-0.1, -0.05) is 37.4 Å². The Hall–Kier alpha value is -3.03. The number of aliphatic hydroxyl groups excluding tert-OH is 1. The van der Waals surface area contributed by atoms with E-state index in [1.54, 1.807) is 17.0 Å². The SMILES string of the molecule is CCCCCOc1ccc(C2c3c(oc4cc(C)c(Cl)cc4c3=O)C(=O)N2CCCO)cc1OCC. The Morgan fingerprint density at radius 3 is 2.58 bits per heavy atom. The van der Waals surface area contributed by atoms with Crippen LogP contribution in [-0.2, 0) is 0 Å². The Labute approximate surface area is 215 Å². The van der Waals surface area contributed by atoms with Crippen LogP contribution in [-0.4, -0.2) is 42.3 Å². The van der Waals surface area contributed by atoms with Crippen molar-refractivity contribution < 1.29 is 23.8 Å². The smallest absolute Gasteiger partial charge is 0.290 e. The molecule has 1 aliphatic rings. The molecule has 1 atom stereocenters. The second-order valence-electron chi connectivity index (χ2n) is 8.94. The summed E-state index contributed by atoms with van der Waals surface area (Å²) in [6.07, 6.45) is 3.49. The molecule has 0 radical (unpaired) electrons. The van der Waals surface area contributed by atoms with Crippen LogP contribution in [0.2, 0.25) is 5.02 Å². The topological polar surface area (TPSA) is 89.2 Å². The van der Waals surface area contributed by atoms with Crippen LogP contribution in [0, 0.1) is 6.92 Å². The first-order valence-corrected chi connectivity index (χ1v) is 12.9. The summed E-state index contributed by atoms with van der Waals surface area (Å²) in [5, 5.41) is 10.2. The van der Waals surface area contributed by atoms with Crippen LogP contribution in [0.15, 0.2) is 39.5 Å². The van der Waals surface area contributed by atoms with Crippen molar-refractivity contribution in [1.82, 2.24) is 4.90 Å². The van der Waals surface area contributed by atoms with E-state index in [0.717, 1.165) is 24.8 Å². The van der Waals surface area contributed by atoms with Crippen LogP contribution in [0.4, 0.5) is 0 Å². The molecule has 1 unspecified atom stereocenters. The van der Waals surface area contributed by atoms with E-state index in [2.05, 4.69) is 6.92 Å². The molecule has 192 valence electrons. The first kappa shape index (κ1) is 26.0. The maximum Gasteiger partial charge on any atom is 0.290 e. The first-order chi connectivity index (χ1) is 17.4. The van der Waals surface area contributed by atoms with Crippen molar-refractivity contribution >= 4 is 28.5 Å².